The summed E-state index contributed by atoms with van der Waals surface area (Å²) in [5, 5.41) is 18.9. The van der Waals surface area contributed by atoms with Gasteiger partial charge in [0, 0.05) is 24.9 Å². The van der Waals surface area contributed by atoms with E-state index >= 15 is 0 Å². The lowest BCUT2D eigenvalue weighted by Crippen LogP contribution is -2.68. The SMILES string of the molecule is CC1(C)C(CC(=O)/C(=N\OC(COc2ccc3c(c2)CN(C(N)=NC2CCNCC2)C3)C(=O)O)c2csc(N)n2)C(=O)N1OS(=O)(=O)O. The summed E-state index contributed by atoms with van der Waals surface area (Å²) in [6.07, 6.45) is -0.294. The van der Waals surface area contributed by atoms with Gasteiger partial charge in [0.15, 0.2) is 22.6 Å². The van der Waals surface area contributed by atoms with Gasteiger partial charge in [0.2, 0.25) is 0 Å². The second-order valence-electron chi connectivity index (χ2n) is 12.0. The molecule has 1 aromatic carbocycles. The van der Waals surface area contributed by atoms with E-state index in [1.165, 1.54) is 19.2 Å². The third kappa shape index (κ3) is 8.01. The molecule has 0 spiro atoms. The number of guanidine groups is 1. The lowest BCUT2D eigenvalue weighted by Gasteiger charge is -2.50. The third-order valence-corrected chi connectivity index (χ3v) is 9.27. The van der Waals surface area contributed by atoms with E-state index in [0.717, 1.165) is 48.4 Å². The maximum atomic E-state index is 13.4. The molecule has 0 bridgehead atoms. The Kier molecular flexibility index (Phi) is 10.2. The Balaban J connectivity index is 1.24. The number of benzene rings is 1. The number of carbonyl (C=O) groups is 3. The van der Waals surface area contributed by atoms with Gasteiger partial charge in [-0.1, -0.05) is 11.2 Å². The number of hydrogen-bond donors (Lipinski definition) is 5. The van der Waals surface area contributed by atoms with Gasteiger partial charge in [-0.15, -0.1) is 15.6 Å². The van der Waals surface area contributed by atoms with E-state index in [4.69, 9.17) is 25.6 Å². The predicted molar refractivity (Wildman–Crippen MR) is 171 cm³/mol. The first kappa shape index (κ1) is 35.0. The number of hydroxylamine groups is 2. The van der Waals surface area contributed by atoms with Gasteiger partial charge in [0.25, 0.3) is 12.0 Å². The predicted octanol–water partition coefficient (Wildman–Crippen LogP) is 0.291. The number of ketones is 1. The van der Waals surface area contributed by atoms with Gasteiger partial charge in [-0.05, 0) is 63.0 Å². The lowest BCUT2D eigenvalue weighted by atomic mass is 9.74. The minimum Gasteiger partial charge on any atom is -0.489 e. The number of hydrogen-bond acceptors (Lipinski definition) is 14. The second-order valence-corrected chi connectivity index (χ2v) is 13.9. The van der Waals surface area contributed by atoms with Gasteiger partial charge in [-0.3, -0.25) is 14.1 Å². The first-order valence-electron chi connectivity index (χ1n) is 14.9. The Morgan fingerprint density at radius 3 is 2.56 bits per heavy atom. The molecule has 4 heterocycles. The third-order valence-electron chi connectivity index (χ3n) is 8.26. The molecule has 2 unspecified atom stereocenters. The zero-order chi connectivity index (χ0) is 34.8. The molecule has 2 aromatic rings. The fraction of sp³-hybridized carbons (Fsp3) is 0.500. The Morgan fingerprint density at radius 2 is 1.94 bits per heavy atom. The van der Waals surface area contributed by atoms with Crippen molar-refractivity contribution < 1.29 is 46.3 Å². The minimum atomic E-state index is -4.99. The summed E-state index contributed by atoms with van der Waals surface area (Å²) in [5.74, 6) is -3.29. The number of amides is 1. The van der Waals surface area contributed by atoms with Crippen LogP contribution in [0.3, 0.4) is 0 Å². The fourth-order valence-corrected chi connectivity index (χ4v) is 6.55. The van der Waals surface area contributed by atoms with Gasteiger partial charge < -0.3 is 36.4 Å². The number of carboxylic acid groups (broad SMARTS) is 1. The summed E-state index contributed by atoms with van der Waals surface area (Å²) in [7, 11) is -4.99. The summed E-state index contributed by atoms with van der Waals surface area (Å²) in [6.45, 7) is 5.29. The molecule has 1 amide bonds. The van der Waals surface area contributed by atoms with Crippen molar-refractivity contribution in [2.24, 2.45) is 21.8 Å². The smallest absolute Gasteiger partial charge is 0.418 e. The molecule has 2 fully saturated rings. The van der Waals surface area contributed by atoms with Crippen molar-refractivity contribution in [1.29, 1.82) is 0 Å². The number of aliphatic carboxylic acids is 1. The highest BCUT2D eigenvalue weighted by Gasteiger charge is 2.57. The van der Waals surface area contributed by atoms with Crippen LogP contribution >= 0.6 is 11.3 Å². The average Bonchev–Trinajstić information content (AvgIpc) is 3.66. The molecule has 0 aliphatic carbocycles. The molecule has 20 heteroatoms. The molecular formula is C28H36N8O10S2. The van der Waals surface area contributed by atoms with Crippen LogP contribution in [0.2, 0.25) is 0 Å². The highest BCUT2D eigenvalue weighted by atomic mass is 32.3. The molecule has 2 saturated heterocycles. The first-order chi connectivity index (χ1) is 22.6. The molecule has 1 aromatic heterocycles. The van der Waals surface area contributed by atoms with Crippen LogP contribution in [-0.2, 0) is 47.0 Å². The Labute approximate surface area is 279 Å². The molecule has 5 rings (SSSR count). The number of rotatable bonds is 13. The summed E-state index contributed by atoms with van der Waals surface area (Å²) in [4.78, 5) is 54.0. The molecule has 7 N–H and O–H groups in total. The van der Waals surface area contributed by atoms with Crippen LogP contribution in [0.15, 0.2) is 33.7 Å². The van der Waals surface area contributed by atoms with E-state index in [2.05, 4.69) is 24.7 Å². The Bertz CT molecular complexity index is 1740. The number of nitrogen functional groups attached to an aromatic ring is 1. The maximum absolute atomic E-state index is 13.4. The Morgan fingerprint density at radius 1 is 1.23 bits per heavy atom. The van der Waals surface area contributed by atoms with E-state index < -0.39 is 64.4 Å². The number of nitrogens with zero attached hydrogens (tertiary/aromatic N) is 5. The topological polar surface area (TPSA) is 262 Å². The number of Topliss-reactive ketones (excluding diaryl/α,β-unsaturated/α-hetero) is 1. The van der Waals surface area contributed by atoms with E-state index in [9.17, 15) is 27.9 Å². The van der Waals surface area contributed by atoms with Crippen molar-refractivity contribution in [2.45, 2.75) is 63.9 Å². The number of nitrogens with one attached hydrogen (secondary N) is 1. The van der Waals surface area contributed by atoms with Crippen LogP contribution in [0.4, 0.5) is 5.13 Å². The number of nitrogens with two attached hydrogens (primary N) is 2. The molecule has 0 radical (unpaired) electrons. The van der Waals surface area contributed by atoms with Crippen molar-refractivity contribution >= 4 is 56.2 Å². The lowest BCUT2D eigenvalue weighted by molar-refractivity contribution is -0.228. The monoisotopic (exact) mass is 708 g/mol. The maximum Gasteiger partial charge on any atom is 0.418 e. The first-order valence-corrected chi connectivity index (χ1v) is 17.1. The molecule has 260 valence electrons. The van der Waals surface area contributed by atoms with Crippen molar-refractivity contribution in [1.82, 2.24) is 20.3 Å². The number of piperidine rings is 1. The molecule has 0 saturated carbocycles. The van der Waals surface area contributed by atoms with Crippen LogP contribution < -0.4 is 21.5 Å². The van der Waals surface area contributed by atoms with E-state index in [-0.39, 0.29) is 16.9 Å². The summed E-state index contributed by atoms with van der Waals surface area (Å²) >= 11 is 0.990. The average molecular weight is 709 g/mol. The van der Waals surface area contributed by atoms with Crippen molar-refractivity contribution in [2.75, 3.05) is 25.4 Å². The highest BCUT2D eigenvalue weighted by molar-refractivity contribution is 7.80. The van der Waals surface area contributed by atoms with Crippen LogP contribution in [0.25, 0.3) is 0 Å². The molecule has 18 nitrogen and oxygen atoms in total. The minimum absolute atomic E-state index is 0.0191. The molecule has 3 aliphatic heterocycles. The van der Waals surface area contributed by atoms with E-state index in [0.29, 0.717) is 29.9 Å². The van der Waals surface area contributed by atoms with Crippen molar-refractivity contribution in [3.8, 4) is 5.75 Å². The van der Waals surface area contributed by atoms with E-state index in [1.54, 1.807) is 12.1 Å². The number of β-lactam (4-membered cyclic amide) rings is 1. The summed E-state index contributed by atoms with van der Waals surface area (Å²) in [5.41, 5.74) is 12.3. The zero-order valence-corrected chi connectivity index (χ0v) is 27.7. The van der Waals surface area contributed by atoms with Crippen molar-refractivity contribution in [3.63, 3.8) is 0 Å². The molecule has 2 atom stereocenters. The number of carbonyl (C=O) groups excluding carboxylic acids is 2. The number of anilines is 1. The van der Waals surface area contributed by atoms with Gasteiger partial charge in [-0.2, -0.15) is 13.5 Å². The normalized spacial score (nSPS) is 20.6. The molecule has 3 aliphatic rings. The zero-order valence-electron chi connectivity index (χ0n) is 26.1. The highest BCUT2D eigenvalue weighted by Crippen LogP contribution is 2.40. The number of ether oxygens (including phenoxy) is 1. The number of oxime groups is 1. The van der Waals surface area contributed by atoms with Crippen LogP contribution in [0.1, 0.15) is 49.9 Å². The standard InChI is InChI=1S/C28H36N8O10S2/c1-28(2)19(24(38)36(28)46-48(41,42)43)10-21(37)23(20-14-47-27(30)33-20)34-45-22(25(39)40)13-44-18-4-3-15-11-35(12-16(15)9-18)26(29)32-17-5-7-31-8-6-17/h3-4,9,14,17,19,22,31H,5-8,10-13H2,1-2H3,(H2,29,32)(H2,30,33)(H,39,40)(H,41,42,43)/b34-23-. The van der Waals surface area contributed by atoms with Crippen LogP contribution in [0.5, 0.6) is 5.75 Å². The quantitative estimate of drug-likeness (QED) is 0.0616. The number of thiazole rings is 1. The van der Waals surface area contributed by atoms with Gasteiger partial charge in [0.05, 0.1) is 17.5 Å². The number of aromatic nitrogens is 1. The summed E-state index contributed by atoms with van der Waals surface area (Å²) in [6, 6.07) is 5.53. The fourth-order valence-electron chi connectivity index (χ4n) is 5.55. The number of aliphatic imine (C=N–C) groups is 1. The Hall–Kier alpha value is -4.37. The molecule has 48 heavy (non-hydrogen) atoms. The van der Waals surface area contributed by atoms with Gasteiger partial charge >= 0.3 is 16.4 Å². The van der Waals surface area contributed by atoms with Gasteiger partial charge in [-0.25, -0.2) is 14.8 Å². The largest absolute Gasteiger partial charge is 0.489 e. The van der Waals surface area contributed by atoms with Gasteiger partial charge in [0.1, 0.15) is 18.1 Å². The second kappa shape index (κ2) is 14.0. The van der Waals surface area contributed by atoms with Crippen LogP contribution in [0, 0.1) is 5.92 Å². The van der Waals surface area contributed by atoms with Crippen molar-refractivity contribution in [3.05, 3.63) is 40.4 Å². The van der Waals surface area contributed by atoms with E-state index in [1.807, 2.05) is 11.0 Å². The number of carboxylic acids is 1. The summed E-state index contributed by atoms with van der Waals surface area (Å²) < 4.78 is 41.3. The molecular weight excluding hydrogens is 672 g/mol. The number of fused-ring (bicyclic) bond motifs is 1. The van der Waals surface area contributed by atoms with Crippen LogP contribution in [-0.4, -0.2) is 99.7 Å².